The first kappa shape index (κ1) is 18.4. The van der Waals surface area contributed by atoms with Crippen LogP contribution < -0.4 is 10.6 Å². The Hall–Kier alpha value is -1.89. The maximum absolute atomic E-state index is 12.5. The van der Waals surface area contributed by atoms with E-state index in [4.69, 9.17) is 0 Å². The van der Waals surface area contributed by atoms with E-state index in [0.717, 1.165) is 42.5 Å². The summed E-state index contributed by atoms with van der Waals surface area (Å²) in [6.07, 6.45) is 4.02. The van der Waals surface area contributed by atoms with Crippen molar-refractivity contribution in [3.05, 3.63) is 16.0 Å². The molecule has 1 heterocycles. The van der Waals surface area contributed by atoms with Gasteiger partial charge in [0.1, 0.15) is 5.00 Å². The van der Waals surface area contributed by atoms with E-state index >= 15 is 0 Å². The fourth-order valence-corrected chi connectivity index (χ4v) is 4.24. The first-order chi connectivity index (χ1) is 11.5. The molecule has 7 heteroatoms. The van der Waals surface area contributed by atoms with Crippen LogP contribution in [0.2, 0.25) is 0 Å². The van der Waals surface area contributed by atoms with Gasteiger partial charge in [0, 0.05) is 11.3 Å². The molecule has 1 aromatic heterocycles. The molecule has 1 aliphatic rings. The van der Waals surface area contributed by atoms with Crippen molar-refractivity contribution in [1.82, 2.24) is 5.32 Å². The maximum atomic E-state index is 12.5. The summed E-state index contributed by atoms with van der Waals surface area (Å²) in [5.41, 5.74) is 1.36. The van der Waals surface area contributed by atoms with Crippen LogP contribution in [-0.2, 0) is 22.4 Å². The van der Waals surface area contributed by atoms with Gasteiger partial charge in [-0.3, -0.25) is 14.9 Å². The molecule has 0 radical (unpaired) electrons. The molecule has 1 aromatic rings. The second kappa shape index (κ2) is 8.28. The lowest BCUT2D eigenvalue weighted by molar-refractivity contribution is -0.116. The Bertz CT molecular complexity index is 639. The Kier molecular flexibility index (Phi) is 6.36. The molecule has 0 saturated carbocycles. The summed E-state index contributed by atoms with van der Waals surface area (Å²) in [5.74, 6) is -0.0633. The molecule has 6 nitrogen and oxygen atoms in total. The van der Waals surface area contributed by atoms with E-state index in [1.165, 1.54) is 18.4 Å². The molecule has 1 atom stereocenters. The number of amides is 3. The summed E-state index contributed by atoms with van der Waals surface area (Å²) in [6.45, 7) is 4.20. The van der Waals surface area contributed by atoms with Gasteiger partial charge in [-0.05, 0) is 37.2 Å². The lowest BCUT2D eigenvalue weighted by Crippen LogP contribution is -2.31. The van der Waals surface area contributed by atoms with Crippen LogP contribution in [0.25, 0.3) is 0 Å². The Morgan fingerprint density at radius 3 is 2.75 bits per heavy atom. The van der Waals surface area contributed by atoms with Gasteiger partial charge in [-0.25, -0.2) is 4.79 Å². The van der Waals surface area contributed by atoms with Crippen LogP contribution in [-0.4, -0.2) is 25.0 Å². The minimum atomic E-state index is -0.799. The van der Waals surface area contributed by atoms with Crippen molar-refractivity contribution >= 4 is 34.2 Å². The number of unbranched alkanes of at least 4 members (excludes halogenated alkanes) is 1. The second-order valence-corrected chi connectivity index (χ2v) is 7.26. The third-order valence-electron chi connectivity index (χ3n) is 4.15. The SMILES string of the molecule is CCCCC(=O)Nc1sc2c(c1C(=O)NC(=O)OC)CC[C@@H](C)C2. The highest BCUT2D eigenvalue weighted by Crippen LogP contribution is 2.39. The number of fused-ring (bicyclic) bond motifs is 1. The summed E-state index contributed by atoms with van der Waals surface area (Å²) in [7, 11) is 1.21. The fraction of sp³-hybridized carbons (Fsp3) is 0.588. The van der Waals surface area contributed by atoms with Gasteiger partial charge in [-0.15, -0.1) is 11.3 Å². The number of methoxy groups -OCH3 is 1. The van der Waals surface area contributed by atoms with E-state index in [9.17, 15) is 14.4 Å². The van der Waals surface area contributed by atoms with Gasteiger partial charge < -0.3 is 10.1 Å². The van der Waals surface area contributed by atoms with Gasteiger partial charge in [0.15, 0.2) is 0 Å². The maximum Gasteiger partial charge on any atom is 0.413 e. The molecule has 0 aromatic carbocycles. The van der Waals surface area contributed by atoms with Crippen molar-refractivity contribution in [3.63, 3.8) is 0 Å². The first-order valence-corrected chi connectivity index (χ1v) is 9.11. The summed E-state index contributed by atoms with van der Waals surface area (Å²) in [4.78, 5) is 37.1. The monoisotopic (exact) mass is 352 g/mol. The van der Waals surface area contributed by atoms with E-state index in [0.29, 0.717) is 22.9 Å². The molecule has 3 amide bonds. The third-order valence-corrected chi connectivity index (χ3v) is 5.32. The summed E-state index contributed by atoms with van der Waals surface area (Å²) in [5, 5.41) is 5.60. The van der Waals surface area contributed by atoms with Crippen LogP contribution >= 0.6 is 11.3 Å². The number of alkyl carbamates (subject to hydrolysis) is 1. The number of hydrogen-bond donors (Lipinski definition) is 2. The average molecular weight is 352 g/mol. The average Bonchev–Trinajstić information content (AvgIpc) is 2.89. The van der Waals surface area contributed by atoms with Gasteiger partial charge in [-0.2, -0.15) is 0 Å². The lowest BCUT2D eigenvalue weighted by Gasteiger charge is -2.18. The molecule has 2 N–H and O–H groups in total. The quantitative estimate of drug-likeness (QED) is 0.849. The number of rotatable bonds is 5. The number of imide groups is 1. The molecule has 0 saturated heterocycles. The van der Waals surface area contributed by atoms with Crippen LogP contribution in [0.5, 0.6) is 0 Å². The molecular weight excluding hydrogens is 328 g/mol. The van der Waals surface area contributed by atoms with Gasteiger partial charge in [0.2, 0.25) is 5.91 Å². The summed E-state index contributed by atoms with van der Waals surface area (Å²) < 4.78 is 4.50. The van der Waals surface area contributed by atoms with E-state index in [1.54, 1.807) is 0 Å². The van der Waals surface area contributed by atoms with Crippen molar-refractivity contribution in [2.24, 2.45) is 5.92 Å². The molecule has 1 aliphatic carbocycles. The minimum Gasteiger partial charge on any atom is -0.453 e. The highest BCUT2D eigenvalue weighted by molar-refractivity contribution is 7.17. The Labute approximate surface area is 146 Å². The number of anilines is 1. The zero-order chi connectivity index (χ0) is 17.7. The number of nitrogens with one attached hydrogen (secondary N) is 2. The van der Waals surface area contributed by atoms with Gasteiger partial charge in [0.05, 0.1) is 12.7 Å². The van der Waals surface area contributed by atoms with E-state index in [-0.39, 0.29) is 5.91 Å². The van der Waals surface area contributed by atoms with Crippen molar-refractivity contribution < 1.29 is 19.1 Å². The Balaban J connectivity index is 2.29. The van der Waals surface area contributed by atoms with Gasteiger partial charge in [0.25, 0.3) is 5.91 Å². The standard InChI is InChI=1S/C17H24N2O4S/c1-4-5-6-13(20)18-16-14(15(21)19-17(22)23-3)11-8-7-10(2)9-12(11)24-16/h10H,4-9H2,1-3H3,(H,18,20)(H,19,21,22)/t10-/m1/s1. The molecule has 132 valence electrons. The molecule has 2 rings (SSSR count). The highest BCUT2D eigenvalue weighted by atomic mass is 32.1. The Morgan fingerprint density at radius 1 is 1.33 bits per heavy atom. The van der Waals surface area contributed by atoms with Crippen LogP contribution in [0.3, 0.4) is 0 Å². The predicted molar refractivity (Wildman–Crippen MR) is 93.5 cm³/mol. The fourth-order valence-electron chi connectivity index (χ4n) is 2.81. The molecular formula is C17H24N2O4S. The zero-order valence-corrected chi connectivity index (χ0v) is 15.2. The van der Waals surface area contributed by atoms with E-state index in [1.807, 2.05) is 6.92 Å². The van der Waals surface area contributed by atoms with Crippen molar-refractivity contribution in [1.29, 1.82) is 0 Å². The molecule has 0 spiro atoms. The van der Waals surface area contributed by atoms with Crippen LogP contribution in [0.1, 0.15) is 60.3 Å². The normalized spacial score (nSPS) is 16.2. The number of ether oxygens (including phenoxy) is 1. The lowest BCUT2D eigenvalue weighted by atomic mass is 9.88. The number of carbonyl (C=O) groups is 3. The molecule has 0 bridgehead atoms. The van der Waals surface area contributed by atoms with Crippen molar-refractivity contribution in [3.8, 4) is 0 Å². The third kappa shape index (κ3) is 4.35. The van der Waals surface area contributed by atoms with Crippen LogP contribution in [0.4, 0.5) is 9.80 Å². The van der Waals surface area contributed by atoms with E-state index in [2.05, 4.69) is 22.3 Å². The number of thiophene rings is 1. The smallest absolute Gasteiger partial charge is 0.413 e. The second-order valence-electron chi connectivity index (χ2n) is 6.15. The zero-order valence-electron chi connectivity index (χ0n) is 14.4. The topological polar surface area (TPSA) is 84.5 Å². The number of hydrogen-bond acceptors (Lipinski definition) is 5. The Morgan fingerprint density at radius 2 is 2.08 bits per heavy atom. The predicted octanol–water partition coefficient (Wildman–Crippen LogP) is 3.50. The van der Waals surface area contributed by atoms with Crippen molar-refractivity contribution in [2.75, 3.05) is 12.4 Å². The van der Waals surface area contributed by atoms with Gasteiger partial charge in [-0.1, -0.05) is 20.3 Å². The highest BCUT2D eigenvalue weighted by Gasteiger charge is 2.29. The summed E-state index contributed by atoms with van der Waals surface area (Å²) >= 11 is 1.45. The molecule has 0 aliphatic heterocycles. The van der Waals surface area contributed by atoms with Crippen LogP contribution in [0.15, 0.2) is 0 Å². The molecule has 0 fully saturated rings. The largest absolute Gasteiger partial charge is 0.453 e. The molecule has 24 heavy (non-hydrogen) atoms. The first-order valence-electron chi connectivity index (χ1n) is 8.29. The van der Waals surface area contributed by atoms with Crippen molar-refractivity contribution in [2.45, 2.75) is 52.4 Å². The summed E-state index contributed by atoms with van der Waals surface area (Å²) in [6, 6.07) is 0. The van der Waals surface area contributed by atoms with Crippen LogP contribution in [0, 0.1) is 5.92 Å². The molecule has 0 unspecified atom stereocenters. The van der Waals surface area contributed by atoms with E-state index < -0.39 is 12.0 Å². The minimum absolute atomic E-state index is 0.101. The van der Waals surface area contributed by atoms with Gasteiger partial charge >= 0.3 is 6.09 Å². The number of carbonyl (C=O) groups excluding carboxylic acids is 3.